The molecular weight excluding hydrogens is 448 g/mol. The van der Waals surface area contributed by atoms with Crippen molar-refractivity contribution in [3.05, 3.63) is 60.4 Å². The summed E-state index contributed by atoms with van der Waals surface area (Å²) in [6.45, 7) is 11.1. The molecule has 0 radical (unpaired) electrons. The van der Waals surface area contributed by atoms with Gasteiger partial charge in [0.1, 0.15) is 0 Å². The second-order valence-electron chi connectivity index (χ2n) is 9.84. The summed E-state index contributed by atoms with van der Waals surface area (Å²) in [5.74, 6) is 1.46. The zero-order valence-corrected chi connectivity index (χ0v) is 22.2. The highest BCUT2D eigenvalue weighted by molar-refractivity contribution is 5.99. The second kappa shape index (κ2) is 9.86. The van der Waals surface area contributed by atoms with Crippen molar-refractivity contribution in [1.82, 2.24) is 14.5 Å². The number of hydrogen-bond acceptors (Lipinski definition) is 5. The lowest BCUT2D eigenvalue weighted by molar-refractivity contribution is 0.209. The maximum Gasteiger partial charge on any atom is 0.161 e. The molecule has 0 unspecified atom stereocenters. The van der Waals surface area contributed by atoms with Gasteiger partial charge in [0.2, 0.25) is 0 Å². The first kappa shape index (κ1) is 24.2. The number of aromatic nitrogens is 2. The van der Waals surface area contributed by atoms with Gasteiger partial charge >= 0.3 is 0 Å². The third-order valence-electron chi connectivity index (χ3n) is 7.62. The molecule has 0 saturated carbocycles. The molecule has 6 nitrogen and oxygen atoms in total. The third-order valence-corrected chi connectivity index (χ3v) is 7.62. The van der Waals surface area contributed by atoms with Gasteiger partial charge in [0.05, 0.1) is 31.6 Å². The van der Waals surface area contributed by atoms with Crippen LogP contribution in [0.4, 0.5) is 5.69 Å². The largest absolute Gasteiger partial charge is 0.493 e. The summed E-state index contributed by atoms with van der Waals surface area (Å²) in [6, 6.07) is 17.8. The van der Waals surface area contributed by atoms with Crippen molar-refractivity contribution in [3.8, 4) is 33.9 Å². The lowest BCUT2D eigenvalue weighted by atomic mass is 10.0. The van der Waals surface area contributed by atoms with Crippen LogP contribution in [0.15, 0.2) is 54.7 Å². The van der Waals surface area contributed by atoms with Crippen molar-refractivity contribution in [1.29, 1.82) is 0 Å². The van der Waals surface area contributed by atoms with E-state index in [1.807, 2.05) is 12.3 Å². The molecule has 1 aliphatic rings. The van der Waals surface area contributed by atoms with Gasteiger partial charge in [-0.25, -0.2) is 0 Å². The Balaban J connectivity index is 1.48. The fourth-order valence-electron chi connectivity index (χ4n) is 5.31. The van der Waals surface area contributed by atoms with Crippen LogP contribution in [0.3, 0.4) is 0 Å². The van der Waals surface area contributed by atoms with Gasteiger partial charge in [-0.2, -0.15) is 0 Å². The number of methoxy groups -OCH3 is 2. The third kappa shape index (κ3) is 4.30. The maximum atomic E-state index is 5.58. The molecule has 2 aromatic carbocycles. The molecule has 1 aliphatic heterocycles. The summed E-state index contributed by atoms with van der Waals surface area (Å²) < 4.78 is 13.2. The van der Waals surface area contributed by atoms with Gasteiger partial charge in [-0.05, 0) is 56.7 Å². The standard InChI is InChI=1S/C30H36N4O2/c1-20(2)33-13-15-34(16-14-33)24-10-7-22(8-11-24)26-18-25-27(19-31-26)32(4)21(3)30(25)23-9-12-28(35-5)29(17-23)36-6/h7-12,17-20H,13-16H2,1-6H3. The van der Waals surface area contributed by atoms with E-state index in [0.717, 1.165) is 60.0 Å². The highest BCUT2D eigenvalue weighted by Crippen LogP contribution is 2.39. The van der Waals surface area contributed by atoms with Gasteiger partial charge in [0, 0.05) is 67.2 Å². The first-order chi connectivity index (χ1) is 17.4. The minimum atomic E-state index is 0.612. The lowest BCUT2D eigenvalue weighted by Gasteiger charge is -2.38. The highest BCUT2D eigenvalue weighted by Gasteiger charge is 2.20. The van der Waals surface area contributed by atoms with Crippen LogP contribution in [0.2, 0.25) is 0 Å². The quantitative estimate of drug-likeness (QED) is 0.348. The van der Waals surface area contributed by atoms with Crippen molar-refractivity contribution in [2.45, 2.75) is 26.8 Å². The molecule has 188 valence electrons. The molecule has 4 aromatic rings. The molecule has 0 atom stereocenters. The zero-order valence-electron chi connectivity index (χ0n) is 22.2. The number of aryl methyl sites for hydroxylation is 1. The summed E-state index contributed by atoms with van der Waals surface area (Å²) in [5, 5.41) is 1.18. The van der Waals surface area contributed by atoms with Gasteiger partial charge in [0.15, 0.2) is 11.5 Å². The Hall–Kier alpha value is -3.51. The van der Waals surface area contributed by atoms with Crippen LogP contribution >= 0.6 is 0 Å². The number of nitrogens with zero attached hydrogens (tertiary/aromatic N) is 4. The van der Waals surface area contributed by atoms with E-state index in [9.17, 15) is 0 Å². The summed E-state index contributed by atoms with van der Waals surface area (Å²) in [6.07, 6.45) is 1.99. The van der Waals surface area contributed by atoms with Crippen LogP contribution in [-0.4, -0.2) is 60.9 Å². The number of ether oxygens (including phenoxy) is 2. The van der Waals surface area contributed by atoms with Crippen LogP contribution in [0.1, 0.15) is 19.5 Å². The van der Waals surface area contributed by atoms with Crippen LogP contribution < -0.4 is 14.4 Å². The summed E-state index contributed by atoms with van der Waals surface area (Å²) in [7, 11) is 5.43. The van der Waals surface area contributed by atoms with Crippen molar-refractivity contribution >= 4 is 16.6 Å². The van der Waals surface area contributed by atoms with E-state index in [2.05, 4.69) is 84.7 Å². The fourth-order valence-corrected chi connectivity index (χ4v) is 5.31. The number of benzene rings is 2. The first-order valence-electron chi connectivity index (χ1n) is 12.7. The molecule has 0 bridgehead atoms. The average molecular weight is 485 g/mol. The van der Waals surface area contributed by atoms with E-state index in [1.54, 1.807) is 14.2 Å². The fraction of sp³-hybridized carbons (Fsp3) is 0.367. The predicted molar refractivity (Wildman–Crippen MR) is 148 cm³/mol. The Kier molecular flexibility index (Phi) is 6.63. The summed E-state index contributed by atoms with van der Waals surface area (Å²) >= 11 is 0. The van der Waals surface area contributed by atoms with Gasteiger partial charge in [0.25, 0.3) is 0 Å². The minimum Gasteiger partial charge on any atom is -0.493 e. The van der Waals surface area contributed by atoms with E-state index in [-0.39, 0.29) is 0 Å². The highest BCUT2D eigenvalue weighted by atomic mass is 16.5. The van der Waals surface area contributed by atoms with Gasteiger partial charge in [-0.3, -0.25) is 9.88 Å². The van der Waals surface area contributed by atoms with Crippen molar-refractivity contribution < 1.29 is 9.47 Å². The Bertz CT molecular complexity index is 1370. The molecule has 36 heavy (non-hydrogen) atoms. The molecule has 2 aromatic heterocycles. The van der Waals surface area contributed by atoms with Crippen LogP contribution in [0.5, 0.6) is 11.5 Å². The predicted octanol–water partition coefficient (Wildman–Crippen LogP) is 5.76. The van der Waals surface area contributed by atoms with E-state index in [1.165, 1.54) is 22.3 Å². The second-order valence-corrected chi connectivity index (χ2v) is 9.84. The van der Waals surface area contributed by atoms with Crippen molar-refractivity contribution in [2.75, 3.05) is 45.3 Å². The zero-order chi connectivity index (χ0) is 25.4. The molecule has 6 heteroatoms. The molecule has 0 amide bonds. The molecule has 3 heterocycles. The number of piperazine rings is 1. The number of fused-ring (bicyclic) bond motifs is 1. The minimum absolute atomic E-state index is 0.612. The normalized spacial score (nSPS) is 14.6. The summed E-state index contributed by atoms with van der Waals surface area (Å²) in [4.78, 5) is 9.86. The number of rotatable bonds is 6. The molecular formula is C30H36N4O2. The van der Waals surface area contributed by atoms with Gasteiger partial charge in [-0.15, -0.1) is 0 Å². The SMILES string of the molecule is COc1ccc(-c2c(C)n(C)c3cnc(-c4ccc(N5CCN(C(C)C)CC5)cc4)cc23)cc1OC. The van der Waals surface area contributed by atoms with E-state index < -0.39 is 0 Å². The Morgan fingerprint density at radius 3 is 2.14 bits per heavy atom. The van der Waals surface area contributed by atoms with Crippen LogP contribution in [-0.2, 0) is 7.05 Å². The smallest absolute Gasteiger partial charge is 0.161 e. The molecule has 0 N–H and O–H groups in total. The maximum absolute atomic E-state index is 5.58. The van der Waals surface area contributed by atoms with Crippen LogP contribution in [0.25, 0.3) is 33.3 Å². The average Bonchev–Trinajstić information content (AvgIpc) is 3.17. The first-order valence-corrected chi connectivity index (χ1v) is 12.7. The van der Waals surface area contributed by atoms with Crippen molar-refractivity contribution in [2.24, 2.45) is 7.05 Å². The molecule has 0 aliphatic carbocycles. The monoisotopic (exact) mass is 484 g/mol. The Morgan fingerprint density at radius 1 is 0.833 bits per heavy atom. The molecule has 1 saturated heterocycles. The van der Waals surface area contributed by atoms with E-state index >= 15 is 0 Å². The van der Waals surface area contributed by atoms with E-state index in [0.29, 0.717) is 6.04 Å². The van der Waals surface area contributed by atoms with Gasteiger partial charge < -0.3 is 18.9 Å². The number of anilines is 1. The molecule has 0 spiro atoms. The molecule has 1 fully saturated rings. The summed E-state index contributed by atoms with van der Waals surface area (Å²) in [5.41, 5.74) is 7.98. The number of hydrogen-bond donors (Lipinski definition) is 0. The number of pyridine rings is 1. The Morgan fingerprint density at radius 2 is 1.50 bits per heavy atom. The Labute approximate surface area is 214 Å². The van der Waals surface area contributed by atoms with Crippen molar-refractivity contribution in [3.63, 3.8) is 0 Å². The topological polar surface area (TPSA) is 42.8 Å². The lowest BCUT2D eigenvalue weighted by Crippen LogP contribution is -2.48. The van der Waals surface area contributed by atoms with Gasteiger partial charge in [-0.1, -0.05) is 18.2 Å². The molecule has 5 rings (SSSR count). The van der Waals surface area contributed by atoms with Crippen LogP contribution in [0, 0.1) is 6.92 Å². The van der Waals surface area contributed by atoms with E-state index in [4.69, 9.17) is 14.5 Å².